The molecule has 3 heterocycles. The second-order valence-electron chi connectivity index (χ2n) is 8.95. The summed E-state index contributed by atoms with van der Waals surface area (Å²) in [6.07, 6.45) is 6.44. The molecule has 0 amide bonds. The molecule has 2 aromatic heterocycles. The molecule has 6 heteroatoms. The summed E-state index contributed by atoms with van der Waals surface area (Å²) in [5, 5.41) is 0. The van der Waals surface area contributed by atoms with Gasteiger partial charge in [-0.15, -0.1) is 0 Å². The molecule has 4 aromatic rings. The molecule has 1 saturated heterocycles. The van der Waals surface area contributed by atoms with Crippen molar-refractivity contribution < 1.29 is 0 Å². The van der Waals surface area contributed by atoms with Gasteiger partial charge in [0, 0.05) is 49.2 Å². The smallest absolute Gasteiger partial charge is 0.180 e. The Hall–Kier alpha value is -3.38. The summed E-state index contributed by atoms with van der Waals surface area (Å²) in [6, 6.07) is 17.2. The average molecular weight is 441 g/mol. The maximum absolute atomic E-state index is 6.18. The van der Waals surface area contributed by atoms with Gasteiger partial charge in [0.05, 0.1) is 17.6 Å². The van der Waals surface area contributed by atoms with Gasteiger partial charge in [0.25, 0.3) is 0 Å². The lowest BCUT2D eigenvalue weighted by atomic mass is 10.1. The highest BCUT2D eigenvalue weighted by atomic mass is 15.3. The first-order valence-electron chi connectivity index (χ1n) is 11.9. The van der Waals surface area contributed by atoms with Crippen LogP contribution in [0.3, 0.4) is 0 Å². The Balaban J connectivity index is 1.39. The van der Waals surface area contributed by atoms with Crippen molar-refractivity contribution >= 4 is 17.2 Å². The molecule has 0 bridgehead atoms. The van der Waals surface area contributed by atoms with Gasteiger partial charge in [-0.05, 0) is 38.1 Å². The maximum Gasteiger partial charge on any atom is 0.180 e. The first-order chi connectivity index (χ1) is 16.1. The second-order valence-corrected chi connectivity index (χ2v) is 8.95. The third-order valence-corrected chi connectivity index (χ3v) is 6.56. The van der Waals surface area contributed by atoms with Crippen LogP contribution in [0.4, 0.5) is 11.5 Å². The number of anilines is 2. The normalized spacial score (nSPS) is 14.8. The molecule has 2 N–H and O–H groups in total. The molecule has 0 atom stereocenters. The highest BCUT2D eigenvalue weighted by molar-refractivity contribution is 5.74. The van der Waals surface area contributed by atoms with Crippen LogP contribution in [-0.4, -0.2) is 52.0 Å². The molecule has 6 nitrogen and oxygen atoms in total. The van der Waals surface area contributed by atoms with E-state index < -0.39 is 0 Å². The first-order valence-corrected chi connectivity index (χ1v) is 11.9. The number of hydrogen-bond acceptors (Lipinski definition) is 5. The Bertz CT molecular complexity index is 1240. The van der Waals surface area contributed by atoms with E-state index in [1.807, 2.05) is 6.20 Å². The number of nitrogens with two attached hydrogens (primary N) is 1. The Morgan fingerprint density at radius 1 is 0.970 bits per heavy atom. The van der Waals surface area contributed by atoms with E-state index in [9.17, 15) is 0 Å². The van der Waals surface area contributed by atoms with Crippen molar-refractivity contribution in [3.63, 3.8) is 0 Å². The Labute approximate surface area is 195 Å². The van der Waals surface area contributed by atoms with Gasteiger partial charge in [-0.1, -0.05) is 49.2 Å². The van der Waals surface area contributed by atoms with E-state index in [-0.39, 0.29) is 0 Å². The molecule has 0 aliphatic carbocycles. The number of unbranched alkanes of at least 4 members (excludes halogenated alkanes) is 1. The van der Waals surface area contributed by atoms with E-state index in [1.165, 1.54) is 30.6 Å². The number of rotatable bonds is 6. The zero-order valence-corrected chi connectivity index (χ0v) is 19.5. The minimum absolute atomic E-state index is 0.440. The molecule has 0 unspecified atom stereocenters. The molecular weight excluding hydrogens is 408 g/mol. The number of hydrogen-bond donors (Lipinski definition) is 1. The van der Waals surface area contributed by atoms with Crippen molar-refractivity contribution in [3.8, 4) is 22.5 Å². The molecule has 5 rings (SSSR count). The molecule has 0 spiro atoms. The molecule has 1 aliphatic heterocycles. The summed E-state index contributed by atoms with van der Waals surface area (Å²) in [6.45, 7) is 10.0. The predicted octanol–water partition coefficient (Wildman–Crippen LogP) is 4.88. The fourth-order valence-electron chi connectivity index (χ4n) is 4.61. The zero-order valence-electron chi connectivity index (χ0n) is 19.5. The van der Waals surface area contributed by atoms with Gasteiger partial charge in [-0.3, -0.25) is 9.30 Å². The summed E-state index contributed by atoms with van der Waals surface area (Å²) >= 11 is 0. The third kappa shape index (κ3) is 4.44. The van der Waals surface area contributed by atoms with Crippen LogP contribution in [0, 0.1) is 6.92 Å². The fourth-order valence-corrected chi connectivity index (χ4v) is 4.61. The van der Waals surface area contributed by atoms with Gasteiger partial charge in [0.1, 0.15) is 0 Å². The van der Waals surface area contributed by atoms with E-state index in [0.29, 0.717) is 11.5 Å². The summed E-state index contributed by atoms with van der Waals surface area (Å²) in [5.74, 6) is 0.440. The first kappa shape index (κ1) is 21.5. The maximum atomic E-state index is 6.18. The topological polar surface area (TPSA) is 62.7 Å². The second kappa shape index (κ2) is 9.24. The van der Waals surface area contributed by atoms with Gasteiger partial charge in [-0.2, -0.15) is 0 Å². The summed E-state index contributed by atoms with van der Waals surface area (Å²) in [7, 11) is 0. The minimum atomic E-state index is 0.440. The van der Waals surface area contributed by atoms with E-state index in [0.717, 1.165) is 48.7 Å². The van der Waals surface area contributed by atoms with Crippen molar-refractivity contribution in [2.75, 3.05) is 43.4 Å². The molecule has 1 aliphatic rings. The zero-order chi connectivity index (χ0) is 22.8. The van der Waals surface area contributed by atoms with Crippen LogP contribution in [0.25, 0.3) is 28.2 Å². The number of nitrogens with zero attached hydrogens (tertiary/aromatic N) is 5. The molecular formula is C27H32N6. The van der Waals surface area contributed by atoms with Gasteiger partial charge < -0.3 is 10.6 Å². The average Bonchev–Trinajstić information content (AvgIpc) is 3.30. The van der Waals surface area contributed by atoms with E-state index in [2.05, 4.69) is 87.8 Å². The monoisotopic (exact) mass is 440 g/mol. The molecule has 33 heavy (non-hydrogen) atoms. The lowest BCUT2D eigenvalue weighted by Gasteiger charge is -2.36. The van der Waals surface area contributed by atoms with Crippen molar-refractivity contribution in [2.24, 2.45) is 0 Å². The van der Waals surface area contributed by atoms with E-state index in [1.54, 1.807) is 0 Å². The highest BCUT2D eigenvalue weighted by Gasteiger charge is 2.17. The van der Waals surface area contributed by atoms with Gasteiger partial charge in [0.2, 0.25) is 0 Å². The van der Waals surface area contributed by atoms with Crippen molar-refractivity contribution in [1.29, 1.82) is 0 Å². The van der Waals surface area contributed by atoms with Gasteiger partial charge in [-0.25, -0.2) is 9.97 Å². The number of fused-ring (bicyclic) bond motifs is 1. The fraction of sp³-hybridized carbons (Fsp3) is 0.333. The highest BCUT2D eigenvalue weighted by Crippen LogP contribution is 2.28. The van der Waals surface area contributed by atoms with Crippen LogP contribution in [0.2, 0.25) is 0 Å². The summed E-state index contributed by atoms with van der Waals surface area (Å²) in [4.78, 5) is 14.3. The Morgan fingerprint density at radius 2 is 1.76 bits per heavy atom. The largest absolute Gasteiger partial charge is 0.381 e. The molecule has 2 aromatic carbocycles. The SMILES string of the molecule is CCCCN1CCN(c2ccc(-c3cn4c(-c5cccc(C)c5)cnc(N)c4n3)cc2)CC1. The molecule has 0 radical (unpaired) electrons. The standard InChI is InChI=1S/C27H32N6/c1-3-4-12-31-13-15-32(16-14-31)23-10-8-21(9-11-23)24-19-33-25(18-29-26(28)27(33)30-24)22-7-5-6-20(2)17-22/h5-11,17-19H,3-4,12-16H2,1-2H3,(H2,28,29). The quantitative estimate of drug-likeness (QED) is 0.463. The van der Waals surface area contributed by atoms with Crippen LogP contribution in [0.15, 0.2) is 60.9 Å². The van der Waals surface area contributed by atoms with Crippen LogP contribution in [-0.2, 0) is 0 Å². The number of aromatic nitrogens is 3. The number of aryl methyl sites for hydroxylation is 1. The van der Waals surface area contributed by atoms with E-state index >= 15 is 0 Å². The van der Waals surface area contributed by atoms with Crippen molar-refractivity contribution in [2.45, 2.75) is 26.7 Å². The van der Waals surface area contributed by atoms with Crippen LogP contribution >= 0.6 is 0 Å². The van der Waals surface area contributed by atoms with Crippen LogP contribution < -0.4 is 10.6 Å². The van der Waals surface area contributed by atoms with Crippen molar-refractivity contribution in [3.05, 3.63) is 66.5 Å². The number of nitrogen functional groups attached to an aromatic ring is 1. The molecule has 1 fully saturated rings. The molecule has 170 valence electrons. The number of benzene rings is 2. The van der Waals surface area contributed by atoms with Crippen LogP contribution in [0.1, 0.15) is 25.3 Å². The lowest BCUT2D eigenvalue weighted by Crippen LogP contribution is -2.46. The van der Waals surface area contributed by atoms with Crippen LogP contribution in [0.5, 0.6) is 0 Å². The summed E-state index contributed by atoms with van der Waals surface area (Å²) in [5.41, 5.74) is 13.4. The minimum Gasteiger partial charge on any atom is -0.381 e. The van der Waals surface area contributed by atoms with Gasteiger partial charge >= 0.3 is 0 Å². The number of imidazole rings is 1. The Morgan fingerprint density at radius 3 is 2.48 bits per heavy atom. The van der Waals surface area contributed by atoms with Crippen molar-refractivity contribution in [1.82, 2.24) is 19.3 Å². The lowest BCUT2D eigenvalue weighted by molar-refractivity contribution is 0.254. The Kier molecular flexibility index (Phi) is 6.01. The molecule has 0 saturated carbocycles. The van der Waals surface area contributed by atoms with Gasteiger partial charge in [0.15, 0.2) is 11.5 Å². The predicted molar refractivity (Wildman–Crippen MR) is 137 cm³/mol. The number of piperazine rings is 1. The van der Waals surface area contributed by atoms with E-state index in [4.69, 9.17) is 10.7 Å². The third-order valence-electron chi connectivity index (χ3n) is 6.56. The summed E-state index contributed by atoms with van der Waals surface area (Å²) < 4.78 is 2.05.